The summed E-state index contributed by atoms with van der Waals surface area (Å²) in [5, 5.41) is 10.4. The van der Waals surface area contributed by atoms with Crippen LogP contribution in [0.15, 0.2) is 18.2 Å². The molecule has 5 nitrogen and oxygen atoms in total. The van der Waals surface area contributed by atoms with Crippen molar-refractivity contribution in [2.75, 3.05) is 13.1 Å². The fourth-order valence-corrected chi connectivity index (χ4v) is 6.01. The summed E-state index contributed by atoms with van der Waals surface area (Å²) in [5.41, 5.74) is -0.0696. The number of rotatable bonds is 3. The lowest BCUT2D eigenvalue weighted by Crippen LogP contribution is -2.58. The van der Waals surface area contributed by atoms with Crippen molar-refractivity contribution >= 4 is 40.2 Å². The molecule has 0 aliphatic carbocycles. The predicted octanol–water partition coefficient (Wildman–Crippen LogP) is 6.69. The Morgan fingerprint density at radius 3 is 2.26 bits per heavy atom. The third-order valence-corrected chi connectivity index (χ3v) is 7.55. The summed E-state index contributed by atoms with van der Waals surface area (Å²) < 4.78 is 82.2. The van der Waals surface area contributed by atoms with E-state index < -0.39 is 35.9 Å². The molecule has 2 fully saturated rings. The standard InChI is InChI=1S/C21H21Cl2F6N3O2/c22-11-7-14(23)13-9-12(30-15(13)8-11)10-32-16(17(20(24,25)26)21(27,28)29)1-2-19(32)3-5-31(6-4-19)18(33)34/h7-9,16-17,30H,1-6,10H2,(H,33,34). The molecule has 0 saturated carbocycles. The molecular weight excluding hydrogens is 511 g/mol. The molecule has 2 aliphatic rings. The van der Waals surface area contributed by atoms with Crippen LogP contribution in [-0.2, 0) is 6.54 Å². The molecule has 0 radical (unpaired) electrons. The third kappa shape index (κ3) is 4.66. The molecule has 3 heterocycles. The molecule has 1 aromatic carbocycles. The summed E-state index contributed by atoms with van der Waals surface area (Å²) in [7, 11) is 0. The SMILES string of the molecule is O=C(O)N1CCC2(CCC(C(C(F)(F)F)C(F)(F)F)N2Cc2cc3c(Cl)cc(Cl)cc3[nH]2)CC1. The van der Waals surface area contributed by atoms with Gasteiger partial charge >= 0.3 is 18.4 Å². The Morgan fingerprint density at radius 2 is 1.71 bits per heavy atom. The molecule has 1 unspecified atom stereocenters. The number of aromatic nitrogens is 1. The second-order valence-corrected chi connectivity index (χ2v) is 9.78. The Hall–Kier alpha value is -1.85. The zero-order valence-electron chi connectivity index (χ0n) is 17.6. The van der Waals surface area contributed by atoms with Crippen LogP contribution in [0.1, 0.15) is 31.4 Å². The van der Waals surface area contributed by atoms with Crippen molar-refractivity contribution in [3.63, 3.8) is 0 Å². The average molecular weight is 532 g/mol. The summed E-state index contributed by atoms with van der Waals surface area (Å²) >= 11 is 12.2. The van der Waals surface area contributed by atoms with Gasteiger partial charge < -0.3 is 15.0 Å². The quantitative estimate of drug-likeness (QED) is 0.433. The number of carboxylic acid groups (broad SMARTS) is 1. The molecule has 13 heteroatoms. The summed E-state index contributed by atoms with van der Waals surface area (Å²) in [5.74, 6) is -3.51. The van der Waals surface area contributed by atoms with Crippen LogP contribution in [0.3, 0.4) is 0 Å². The van der Waals surface area contributed by atoms with E-state index in [2.05, 4.69) is 4.98 Å². The molecule has 2 aromatic rings. The smallest absolute Gasteiger partial charge is 0.407 e. The number of nitrogens with zero attached hydrogens (tertiary/aromatic N) is 2. The van der Waals surface area contributed by atoms with E-state index in [4.69, 9.17) is 23.2 Å². The Kier molecular flexibility index (Phi) is 6.44. The maximum absolute atomic E-state index is 13.7. The molecule has 1 atom stereocenters. The number of likely N-dealkylation sites (tertiary alicyclic amines) is 2. The normalized spacial score (nSPS) is 21.8. The van der Waals surface area contributed by atoms with E-state index in [1.807, 2.05) is 0 Å². The molecule has 1 spiro atoms. The fourth-order valence-electron chi connectivity index (χ4n) is 5.46. The number of amides is 1. The molecule has 1 amide bonds. The third-order valence-electron chi connectivity index (χ3n) is 7.02. The first-order valence-electron chi connectivity index (χ1n) is 10.6. The molecule has 34 heavy (non-hydrogen) atoms. The molecule has 1 aromatic heterocycles. The van der Waals surface area contributed by atoms with Crippen molar-refractivity contribution in [3.05, 3.63) is 33.9 Å². The van der Waals surface area contributed by atoms with Crippen LogP contribution in [0.25, 0.3) is 10.9 Å². The Balaban J connectivity index is 1.73. The highest BCUT2D eigenvalue weighted by Gasteiger charge is 2.65. The first kappa shape index (κ1) is 25.2. The first-order chi connectivity index (χ1) is 15.7. The maximum atomic E-state index is 13.7. The number of fused-ring (bicyclic) bond motifs is 1. The van der Waals surface area contributed by atoms with Gasteiger partial charge in [0.2, 0.25) is 0 Å². The van der Waals surface area contributed by atoms with Gasteiger partial charge in [-0.2, -0.15) is 26.3 Å². The largest absolute Gasteiger partial charge is 0.465 e. The van der Waals surface area contributed by atoms with Crippen molar-refractivity contribution in [1.82, 2.24) is 14.8 Å². The van der Waals surface area contributed by atoms with Crippen LogP contribution in [0, 0.1) is 5.92 Å². The second-order valence-electron chi connectivity index (χ2n) is 8.93. The van der Waals surface area contributed by atoms with E-state index in [1.54, 1.807) is 12.1 Å². The van der Waals surface area contributed by atoms with E-state index >= 15 is 0 Å². The highest BCUT2D eigenvalue weighted by molar-refractivity contribution is 6.38. The van der Waals surface area contributed by atoms with Crippen LogP contribution in [0.4, 0.5) is 31.1 Å². The van der Waals surface area contributed by atoms with Crippen molar-refractivity contribution < 1.29 is 36.2 Å². The van der Waals surface area contributed by atoms with Crippen molar-refractivity contribution in [1.29, 1.82) is 0 Å². The van der Waals surface area contributed by atoms with E-state index in [1.165, 1.54) is 11.0 Å². The van der Waals surface area contributed by atoms with Gasteiger partial charge in [0.15, 0.2) is 5.92 Å². The summed E-state index contributed by atoms with van der Waals surface area (Å²) in [6.45, 7) is -0.131. The first-order valence-corrected chi connectivity index (χ1v) is 11.3. The lowest BCUT2D eigenvalue weighted by molar-refractivity contribution is -0.300. The number of hydrogen-bond acceptors (Lipinski definition) is 2. The number of alkyl halides is 6. The summed E-state index contributed by atoms with van der Waals surface area (Å²) in [4.78, 5) is 16.7. The van der Waals surface area contributed by atoms with Crippen LogP contribution in [0.2, 0.25) is 10.0 Å². The van der Waals surface area contributed by atoms with Crippen LogP contribution < -0.4 is 0 Å². The molecule has 0 bridgehead atoms. The number of nitrogens with one attached hydrogen (secondary N) is 1. The lowest BCUT2D eigenvalue weighted by atomic mass is 9.85. The number of aromatic amines is 1. The zero-order valence-corrected chi connectivity index (χ0v) is 19.1. The van der Waals surface area contributed by atoms with Gasteiger partial charge in [0.25, 0.3) is 0 Å². The number of hydrogen-bond donors (Lipinski definition) is 2. The molecular formula is C21H21Cl2F6N3O2. The van der Waals surface area contributed by atoms with Gasteiger partial charge in [0, 0.05) is 52.8 Å². The van der Waals surface area contributed by atoms with Gasteiger partial charge in [0.05, 0.1) is 5.02 Å². The van der Waals surface area contributed by atoms with E-state index in [0.717, 1.165) is 4.90 Å². The van der Waals surface area contributed by atoms with Gasteiger partial charge in [-0.3, -0.25) is 4.90 Å². The van der Waals surface area contributed by atoms with Gasteiger partial charge in [-0.25, -0.2) is 4.79 Å². The predicted molar refractivity (Wildman–Crippen MR) is 114 cm³/mol. The number of halogens is 8. The summed E-state index contributed by atoms with van der Waals surface area (Å²) in [6, 6.07) is 2.83. The van der Waals surface area contributed by atoms with Gasteiger partial charge in [-0.1, -0.05) is 23.2 Å². The van der Waals surface area contributed by atoms with Crippen molar-refractivity contribution in [2.24, 2.45) is 5.92 Å². The van der Waals surface area contributed by atoms with Crippen LogP contribution >= 0.6 is 23.2 Å². The highest BCUT2D eigenvalue weighted by Crippen LogP contribution is 2.52. The number of benzene rings is 1. The minimum atomic E-state index is -5.48. The van der Waals surface area contributed by atoms with Crippen LogP contribution in [-0.4, -0.2) is 63.0 Å². The molecule has 188 valence electrons. The number of H-pyrrole nitrogens is 1. The molecule has 4 rings (SSSR count). The topological polar surface area (TPSA) is 59.6 Å². The number of piperidine rings is 1. The van der Waals surface area contributed by atoms with E-state index in [-0.39, 0.29) is 45.3 Å². The Morgan fingerprint density at radius 1 is 1.09 bits per heavy atom. The lowest BCUT2D eigenvalue weighted by Gasteiger charge is -2.47. The van der Waals surface area contributed by atoms with Crippen molar-refractivity contribution in [2.45, 2.75) is 56.2 Å². The minimum absolute atomic E-state index is 0.0371. The minimum Gasteiger partial charge on any atom is -0.465 e. The zero-order chi connectivity index (χ0) is 25.1. The van der Waals surface area contributed by atoms with E-state index in [0.29, 0.717) is 26.6 Å². The van der Waals surface area contributed by atoms with Crippen LogP contribution in [0.5, 0.6) is 0 Å². The average Bonchev–Trinajstić information content (AvgIpc) is 3.23. The van der Waals surface area contributed by atoms with Gasteiger partial charge in [-0.15, -0.1) is 0 Å². The maximum Gasteiger partial charge on any atom is 0.407 e. The van der Waals surface area contributed by atoms with Gasteiger partial charge in [-0.05, 0) is 43.9 Å². The monoisotopic (exact) mass is 531 g/mol. The van der Waals surface area contributed by atoms with E-state index in [9.17, 15) is 36.2 Å². The molecule has 2 aliphatic heterocycles. The Bertz CT molecular complexity index is 1060. The van der Waals surface area contributed by atoms with Crippen molar-refractivity contribution in [3.8, 4) is 0 Å². The number of carbonyl (C=O) groups is 1. The van der Waals surface area contributed by atoms with Gasteiger partial charge in [0.1, 0.15) is 0 Å². The second kappa shape index (κ2) is 8.67. The molecule has 2 saturated heterocycles. The fraction of sp³-hybridized carbons (Fsp3) is 0.571. The highest BCUT2D eigenvalue weighted by atomic mass is 35.5. The Labute approximate surface area is 200 Å². The molecule has 2 N–H and O–H groups in total. The summed E-state index contributed by atoms with van der Waals surface area (Å²) in [6.07, 6.45) is -12.0.